The molecular formula is C22H27N7O5. The van der Waals surface area contributed by atoms with Crippen LogP contribution in [0.15, 0.2) is 36.7 Å². The number of ether oxygens (including phenoxy) is 1. The van der Waals surface area contributed by atoms with Crippen molar-refractivity contribution in [2.24, 2.45) is 5.73 Å². The molecule has 2 aromatic heterocycles. The van der Waals surface area contributed by atoms with Crippen molar-refractivity contribution in [3.8, 4) is 34.3 Å². The second-order valence-corrected chi connectivity index (χ2v) is 6.95. The zero-order valence-corrected chi connectivity index (χ0v) is 19.5. The molecule has 0 saturated carbocycles. The van der Waals surface area contributed by atoms with Crippen LogP contribution in [-0.4, -0.2) is 61.9 Å². The topological polar surface area (TPSA) is 170 Å². The Kier molecular flexibility index (Phi) is 8.71. The molecule has 2 aromatic carbocycles. The Balaban J connectivity index is 0.000000758. The van der Waals surface area contributed by atoms with Gasteiger partial charge in [-0.1, -0.05) is 6.07 Å². The third kappa shape index (κ3) is 4.82. The lowest BCUT2D eigenvalue weighted by molar-refractivity contribution is -0.191. The van der Waals surface area contributed by atoms with E-state index in [-0.39, 0.29) is 29.4 Å². The Hall–Kier alpha value is -4.41. The van der Waals surface area contributed by atoms with Crippen LogP contribution in [0.25, 0.3) is 28.1 Å². The maximum Gasteiger partial charge on any atom is 0.373 e. The number of hydrogen-bond donors (Lipinski definition) is 4. The highest BCUT2D eigenvalue weighted by atomic mass is 16.5. The normalized spacial score (nSPS) is 10.1. The number of fused-ring (bicyclic) bond motifs is 1. The lowest BCUT2D eigenvalue weighted by Crippen LogP contribution is -2.05. The number of phenols is 2. The fourth-order valence-corrected chi connectivity index (χ4v) is 3.38. The van der Waals surface area contributed by atoms with Gasteiger partial charge >= 0.3 is 6.15 Å². The minimum atomic E-state index is -0.161. The van der Waals surface area contributed by atoms with Crippen LogP contribution in [0.3, 0.4) is 0 Å². The maximum absolute atomic E-state index is 10.5. The first-order valence-electron chi connectivity index (χ1n) is 10.1. The SMILES string of the molecule is CN.CNc1nnc(-c2cc(OC)c(O)cc2O)n1-c1cccc2c1ncn2C(C)C.O=C=O. The van der Waals surface area contributed by atoms with Gasteiger partial charge in [0.2, 0.25) is 5.95 Å². The van der Waals surface area contributed by atoms with Crippen molar-refractivity contribution in [2.45, 2.75) is 19.9 Å². The first kappa shape index (κ1) is 25.8. The van der Waals surface area contributed by atoms with Crippen LogP contribution in [0.1, 0.15) is 19.9 Å². The number of aromatic nitrogens is 5. The quantitative estimate of drug-likeness (QED) is 0.340. The summed E-state index contributed by atoms with van der Waals surface area (Å²) in [5.74, 6) is 0.793. The first-order chi connectivity index (χ1) is 16.4. The van der Waals surface area contributed by atoms with E-state index < -0.39 is 0 Å². The van der Waals surface area contributed by atoms with E-state index in [4.69, 9.17) is 14.3 Å². The average molecular weight is 470 g/mol. The number of benzene rings is 2. The van der Waals surface area contributed by atoms with Gasteiger partial charge in [0.05, 0.1) is 30.2 Å². The number of methoxy groups -OCH3 is 1. The summed E-state index contributed by atoms with van der Waals surface area (Å²) in [4.78, 5) is 20.9. The summed E-state index contributed by atoms with van der Waals surface area (Å²) in [5.41, 5.74) is 7.39. The van der Waals surface area contributed by atoms with E-state index in [9.17, 15) is 10.2 Å². The largest absolute Gasteiger partial charge is 0.507 e. The fraction of sp³-hybridized carbons (Fsp3) is 0.273. The Morgan fingerprint density at radius 2 is 1.79 bits per heavy atom. The number of hydrogen-bond acceptors (Lipinski definition) is 10. The minimum Gasteiger partial charge on any atom is -0.507 e. The van der Waals surface area contributed by atoms with Crippen molar-refractivity contribution in [3.63, 3.8) is 0 Å². The van der Waals surface area contributed by atoms with E-state index in [1.807, 2.05) is 24.5 Å². The van der Waals surface area contributed by atoms with E-state index >= 15 is 0 Å². The molecule has 0 aliphatic rings. The molecule has 0 atom stereocenters. The number of nitrogens with two attached hydrogens (primary N) is 1. The number of aromatic hydroxyl groups is 2. The Morgan fingerprint density at radius 1 is 1.12 bits per heavy atom. The predicted octanol–water partition coefficient (Wildman–Crippen LogP) is 2.32. The summed E-state index contributed by atoms with van der Waals surface area (Å²) < 4.78 is 9.06. The van der Waals surface area contributed by atoms with Crippen molar-refractivity contribution in [3.05, 3.63) is 36.7 Å². The van der Waals surface area contributed by atoms with Crippen LogP contribution in [-0.2, 0) is 9.59 Å². The van der Waals surface area contributed by atoms with E-state index in [2.05, 4.69) is 44.6 Å². The molecule has 12 nitrogen and oxygen atoms in total. The number of anilines is 1. The number of nitrogens with one attached hydrogen (secondary N) is 1. The van der Waals surface area contributed by atoms with Gasteiger partial charge in [0.1, 0.15) is 11.3 Å². The molecule has 5 N–H and O–H groups in total. The highest BCUT2D eigenvalue weighted by Crippen LogP contribution is 2.40. The Morgan fingerprint density at radius 3 is 2.38 bits per heavy atom. The molecule has 2 heterocycles. The van der Waals surface area contributed by atoms with Gasteiger partial charge in [0, 0.05) is 19.2 Å². The van der Waals surface area contributed by atoms with Crippen molar-refractivity contribution in [2.75, 3.05) is 26.5 Å². The molecule has 0 fully saturated rings. The molecule has 0 spiro atoms. The van der Waals surface area contributed by atoms with E-state index in [1.54, 1.807) is 11.6 Å². The van der Waals surface area contributed by atoms with Crippen molar-refractivity contribution in [1.29, 1.82) is 0 Å². The number of phenolic OH excluding ortho intramolecular Hbond substituents is 2. The zero-order valence-electron chi connectivity index (χ0n) is 19.5. The summed E-state index contributed by atoms with van der Waals surface area (Å²) in [7, 11) is 4.69. The average Bonchev–Trinajstić information content (AvgIpc) is 3.45. The van der Waals surface area contributed by atoms with Gasteiger partial charge in [-0.15, -0.1) is 10.2 Å². The van der Waals surface area contributed by atoms with Gasteiger partial charge in [0.15, 0.2) is 17.3 Å². The highest BCUT2D eigenvalue weighted by Gasteiger charge is 2.22. The number of rotatable bonds is 5. The van der Waals surface area contributed by atoms with Gasteiger partial charge in [-0.05, 0) is 39.1 Å². The van der Waals surface area contributed by atoms with Crippen LogP contribution in [0.4, 0.5) is 5.95 Å². The molecule has 0 saturated heterocycles. The van der Waals surface area contributed by atoms with E-state index in [1.165, 1.54) is 26.3 Å². The van der Waals surface area contributed by atoms with E-state index in [0.29, 0.717) is 17.3 Å². The maximum atomic E-state index is 10.5. The number of imidazole rings is 1. The molecule has 0 unspecified atom stereocenters. The zero-order chi connectivity index (χ0) is 25.4. The molecule has 0 aliphatic carbocycles. The van der Waals surface area contributed by atoms with Gasteiger partial charge in [-0.3, -0.25) is 4.57 Å². The van der Waals surface area contributed by atoms with Gasteiger partial charge < -0.3 is 30.6 Å². The number of carbonyl (C=O) groups excluding carboxylic acids is 2. The van der Waals surface area contributed by atoms with Crippen LogP contribution in [0.5, 0.6) is 17.2 Å². The molecule has 0 aliphatic heterocycles. The number of para-hydroxylation sites is 1. The molecule has 4 aromatic rings. The number of nitrogens with zero attached hydrogens (tertiary/aromatic N) is 5. The molecule has 0 radical (unpaired) electrons. The van der Waals surface area contributed by atoms with Crippen LogP contribution in [0.2, 0.25) is 0 Å². The van der Waals surface area contributed by atoms with E-state index in [0.717, 1.165) is 16.7 Å². The summed E-state index contributed by atoms with van der Waals surface area (Å²) in [6, 6.07) is 8.87. The second-order valence-electron chi connectivity index (χ2n) is 6.95. The lowest BCUT2D eigenvalue weighted by atomic mass is 10.1. The van der Waals surface area contributed by atoms with Crippen molar-refractivity contribution in [1.82, 2.24) is 24.3 Å². The standard InChI is InChI=1S/C20H22N6O3.CH5N.CO2/c1-11(2)25-10-22-18-13(25)6-5-7-14(18)26-19(23-24-20(26)21-3)12-8-17(29-4)16(28)9-15(12)27;1-2;2-1-3/h5-11,27-28H,1-4H3,(H,21,24);2H2,1H3;. The van der Waals surface area contributed by atoms with Gasteiger partial charge in [-0.2, -0.15) is 9.59 Å². The first-order valence-corrected chi connectivity index (χ1v) is 10.1. The Labute approximate surface area is 195 Å². The van der Waals surface area contributed by atoms with Crippen LogP contribution < -0.4 is 15.8 Å². The summed E-state index contributed by atoms with van der Waals surface area (Å²) >= 11 is 0. The molecule has 180 valence electrons. The smallest absolute Gasteiger partial charge is 0.373 e. The predicted molar refractivity (Wildman–Crippen MR) is 125 cm³/mol. The summed E-state index contributed by atoms with van der Waals surface area (Å²) in [6.07, 6.45) is 2.06. The fourth-order valence-electron chi connectivity index (χ4n) is 3.38. The van der Waals surface area contributed by atoms with Gasteiger partial charge in [-0.25, -0.2) is 4.98 Å². The Bertz CT molecular complexity index is 1290. The van der Waals surface area contributed by atoms with Crippen LogP contribution >= 0.6 is 0 Å². The van der Waals surface area contributed by atoms with Crippen LogP contribution in [0, 0.1) is 0 Å². The minimum absolute atomic E-state index is 0.139. The summed E-state index contributed by atoms with van der Waals surface area (Å²) in [6.45, 7) is 4.19. The third-order valence-corrected chi connectivity index (χ3v) is 4.80. The molecule has 0 bridgehead atoms. The second kappa shape index (κ2) is 11.5. The molecule has 12 heteroatoms. The molecule has 34 heavy (non-hydrogen) atoms. The van der Waals surface area contributed by atoms with Crippen molar-refractivity contribution >= 4 is 23.1 Å². The molecule has 4 rings (SSSR count). The highest BCUT2D eigenvalue weighted by molar-refractivity contribution is 5.86. The lowest BCUT2D eigenvalue weighted by Gasteiger charge is -2.14. The van der Waals surface area contributed by atoms with Crippen molar-refractivity contribution < 1.29 is 24.5 Å². The van der Waals surface area contributed by atoms with Gasteiger partial charge in [0.25, 0.3) is 0 Å². The monoisotopic (exact) mass is 469 g/mol. The molecular weight excluding hydrogens is 442 g/mol. The third-order valence-electron chi connectivity index (χ3n) is 4.80. The summed E-state index contributed by atoms with van der Waals surface area (Å²) in [5, 5.41) is 31.9. The molecule has 0 amide bonds.